The van der Waals surface area contributed by atoms with E-state index < -0.39 is 12.0 Å². The van der Waals surface area contributed by atoms with Crippen LogP contribution in [0.1, 0.15) is 17.2 Å². The zero-order chi connectivity index (χ0) is 10.9. The molecule has 1 aromatic rings. The number of benzene rings is 1. The van der Waals surface area contributed by atoms with Gasteiger partial charge in [-0.2, -0.15) is 0 Å². The molecule has 0 heterocycles. The monoisotopic (exact) mass is 259 g/mol. The Morgan fingerprint density at radius 1 is 1.57 bits per heavy atom. The molecule has 0 amide bonds. The largest absolute Gasteiger partial charge is 0.508 e. The fourth-order valence-corrected chi connectivity index (χ4v) is 1.55. The molecule has 1 atom stereocenters. The Kier molecular flexibility index (Phi) is 3.13. The average Bonchev–Trinajstić information content (AvgIpc) is 2.12. The molecule has 0 fully saturated rings. The zero-order valence-electron chi connectivity index (χ0n) is 7.49. The molecule has 1 unspecified atom stereocenters. The van der Waals surface area contributed by atoms with Crippen molar-refractivity contribution in [2.24, 2.45) is 5.73 Å². The molecule has 0 aliphatic rings. The van der Waals surface area contributed by atoms with Gasteiger partial charge in [0.05, 0.1) is 0 Å². The number of nitrogens with two attached hydrogens (primary N) is 1. The van der Waals surface area contributed by atoms with E-state index in [-0.39, 0.29) is 11.3 Å². The maximum absolute atomic E-state index is 10.7. The Morgan fingerprint density at radius 3 is 2.64 bits per heavy atom. The molecule has 0 saturated carbocycles. The van der Waals surface area contributed by atoms with Gasteiger partial charge < -0.3 is 15.9 Å². The van der Waals surface area contributed by atoms with Crippen LogP contribution in [-0.4, -0.2) is 16.2 Å². The molecule has 0 aliphatic heterocycles. The van der Waals surface area contributed by atoms with Gasteiger partial charge in [0.2, 0.25) is 0 Å². The predicted molar refractivity (Wildman–Crippen MR) is 55.1 cm³/mol. The van der Waals surface area contributed by atoms with E-state index in [2.05, 4.69) is 15.9 Å². The van der Waals surface area contributed by atoms with Gasteiger partial charge in [0.15, 0.2) is 0 Å². The molecule has 0 aliphatic carbocycles. The van der Waals surface area contributed by atoms with Crippen LogP contribution in [0.4, 0.5) is 0 Å². The molecule has 0 saturated heterocycles. The highest BCUT2D eigenvalue weighted by Gasteiger charge is 2.21. The van der Waals surface area contributed by atoms with Gasteiger partial charge in [-0.3, -0.25) is 4.79 Å². The minimum atomic E-state index is -1.20. The van der Waals surface area contributed by atoms with E-state index in [0.717, 1.165) is 4.47 Å². The lowest BCUT2D eigenvalue weighted by atomic mass is 10.0. The number of aromatic hydroxyl groups is 1. The van der Waals surface area contributed by atoms with Crippen LogP contribution in [0.2, 0.25) is 0 Å². The molecule has 76 valence electrons. The van der Waals surface area contributed by atoms with Gasteiger partial charge in [-0.25, -0.2) is 0 Å². The molecule has 0 aromatic heterocycles. The molecule has 5 heteroatoms. The second-order valence-corrected chi connectivity index (χ2v) is 3.78. The quantitative estimate of drug-likeness (QED) is 0.753. The Labute approximate surface area is 89.5 Å². The number of hydrogen-bond donors (Lipinski definition) is 3. The van der Waals surface area contributed by atoms with E-state index in [1.165, 1.54) is 6.07 Å². The molecule has 1 rings (SSSR count). The van der Waals surface area contributed by atoms with Crippen LogP contribution in [-0.2, 0) is 4.79 Å². The Bertz CT molecular complexity index is 379. The molecule has 14 heavy (non-hydrogen) atoms. The third-order valence-electron chi connectivity index (χ3n) is 2.00. The molecule has 4 nitrogen and oxygen atoms in total. The Balaban J connectivity index is 3.32. The van der Waals surface area contributed by atoms with Gasteiger partial charge in [0.1, 0.15) is 11.8 Å². The first-order chi connectivity index (χ1) is 6.45. The van der Waals surface area contributed by atoms with E-state index in [9.17, 15) is 9.90 Å². The van der Waals surface area contributed by atoms with Crippen LogP contribution in [0, 0.1) is 6.92 Å². The topological polar surface area (TPSA) is 83.5 Å². The summed E-state index contributed by atoms with van der Waals surface area (Å²) in [5.74, 6) is -1.26. The van der Waals surface area contributed by atoms with Crippen molar-refractivity contribution in [3.8, 4) is 5.75 Å². The lowest BCUT2D eigenvalue weighted by molar-refractivity contribution is -0.138. The number of aliphatic carboxylic acids is 1. The van der Waals surface area contributed by atoms with Gasteiger partial charge in [-0.15, -0.1) is 0 Å². The minimum Gasteiger partial charge on any atom is -0.508 e. The van der Waals surface area contributed by atoms with Crippen molar-refractivity contribution >= 4 is 21.9 Å². The molecular weight excluding hydrogens is 250 g/mol. The van der Waals surface area contributed by atoms with Gasteiger partial charge in [0.25, 0.3) is 0 Å². The molecule has 4 N–H and O–H groups in total. The minimum absolute atomic E-state index is 0.0967. The third kappa shape index (κ3) is 1.88. The normalized spacial score (nSPS) is 12.5. The number of hydrogen-bond acceptors (Lipinski definition) is 3. The van der Waals surface area contributed by atoms with E-state index in [1.54, 1.807) is 13.0 Å². The third-order valence-corrected chi connectivity index (χ3v) is 2.86. The van der Waals surface area contributed by atoms with Crippen LogP contribution in [0.25, 0.3) is 0 Å². The lowest BCUT2D eigenvalue weighted by Crippen LogP contribution is -2.21. The highest BCUT2D eigenvalue weighted by atomic mass is 79.9. The molecule has 0 radical (unpaired) electrons. The van der Waals surface area contributed by atoms with Crippen molar-refractivity contribution in [1.82, 2.24) is 0 Å². The summed E-state index contributed by atoms with van der Waals surface area (Å²) in [6.07, 6.45) is 0. The summed E-state index contributed by atoms with van der Waals surface area (Å²) in [6.45, 7) is 1.70. The van der Waals surface area contributed by atoms with Crippen molar-refractivity contribution in [3.05, 3.63) is 27.7 Å². The van der Waals surface area contributed by atoms with Crippen molar-refractivity contribution in [2.45, 2.75) is 13.0 Å². The van der Waals surface area contributed by atoms with Crippen LogP contribution in [0.3, 0.4) is 0 Å². The second-order valence-electron chi connectivity index (χ2n) is 2.92. The average molecular weight is 260 g/mol. The fraction of sp³-hybridized carbons (Fsp3) is 0.222. The highest BCUT2D eigenvalue weighted by molar-refractivity contribution is 9.10. The lowest BCUT2D eigenvalue weighted by Gasteiger charge is -2.13. The first-order valence-corrected chi connectivity index (χ1v) is 4.70. The maximum Gasteiger partial charge on any atom is 0.325 e. The van der Waals surface area contributed by atoms with E-state index >= 15 is 0 Å². The number of halogens is 1. The second kappa shape index (κ2) is 3.98. The van der Waals surface area contributed by atoms with Crippen LogP contribution in [0.15, 0.2) is 16.6 Å². The van der Waals surface area contributed by atoms with Gasteiger partial charge in [-0.05, 0) is 24.6 Å². The first kappa shape index (κ1) is 11.0. The SMILES string of the molecule is Cc1c(Br)ccc(O)c1C(N)C(=O)O. The number of carboxylic acids is 1. The van der Waals surface area contributed by atoms with Crippen molar-refractivity contribution in [1.29, 1.82) is 0 Å². The van der Waals surface area contributed by atoms with Gasteiger partial charge in [0, 0.05) is 10.0 Å². The maximum atomic E-state index is 10.7. The van der Waals surface area contributed by atoms with Crippen molar-refractivity contribution in [3.63, 3.8) is 0 Å². The number of rotatable bonds is 2. The van der Waals surface area contributed by atoms with Crippen LogP contribution < -0.4 is 5.73 Å². The summed E-state index contributed by atoms with van der Waals surface area (Å²) in [5.41, 5.74) is 6.31. The van der Waals surface area contributed by atoms with Crippen molar-refractivity contribution in [2.75, 3.05) is 0 Å². The first-order valence-electron chi connectivity index (χ1n) is 3.91. The Hall–Kier alpha value is -1.07. The smallest absolute Gasteiger partial charge is 0.325 e. The number of carbonyl (C=O) groups is 1. The summed E-state index contributed by atoms with van der Waals surface area (Å²) >= 11 is 3.24. The molecule has 0 spiro atoms. The van der Waals surface area contributed by atoms with E-state index in [0.29, 0.717) is 5.56 Å². The van der Waals surface area contributed by atoms with Crippen LogP contribution in [0.5, 0.6) is 5.75 Å². The van der Waals surface area contributed by atoms with Crippen LogP contribution >= 0.6 is 15.9 Å². The fourth-order valence-electron chi connectivity index (χ4n) is 1.20. The summed E-state index contributed by atoms with van der Waals surface area (Å²) in [6, 6.07) is 1.85. The van der Waals surface area contributed by atoms with E-state index in [4.69, 9.17) is 10.8 Å². The summed E-state index contributed by atoms with van der Waals surface area (Å²) in [4.78, 5) is 10.7. The Morgan fingerprint density at radius 2 is 2.14 bits per heavy atom. The predicted octanol–water partition coefficient (Wildman–Crippen LogP) is 1.55. The number of phenols is 1. The van der Waals surface area contributed by atoms with Gasteiger partial charge in [-0.1, -0.05) is 15.9 Å². The molecular formula is C9H10BrNO3. The standard InChI is InChI=1S/C9H10BrNO3/c1-4-5(10)2-3-6(12)7(4)8(11)9(13)14/h2-3,8,12H,11H2,1H3,(H,13,14). The number of carboxylic acid groups (broad SMARTS) is 1. The highest BCUT2D eigenvalue weighted by Crippen LogP contribution is 2.31. The summed E-state index contributed by atoms with van der Waals surface area (Å²) < 4.78 is 0.724. The van der Waals surface area contributed by atoms with E-state index in [1.807, 2.05) is 0 Å². The zero-order valence-corrected chi connectivity index (χ0v) is 9.08. The van der Waals surface area contributed by atoms with Gasteiger partial charge >= 0.3 is 5.97 Å². The summed E-state index contributed by atoms with van der Waals surface area (Å²) in [5, 5.41) is 18.2. The number of phenolic OH excluding ortho intramolecular Hbond substituents is 1. The van der Waals surface area contributed by atoms with Crippen molar-refractivity contribution < 1.29 is 15.0 Å². The molecule has 0 bridgehead atoms. The molecule has 1 aromatic carbocycles. The summed E-state index contributed by atoms with van der Waals surface area (Å²) in [7, 11) is 0.